The van der Waals surface area contributed by atoms with Crippen LogP contribution in [0.1, 0.15) is 26.2 Å². The van der Waals surface area contributed by atoms with Crippen LogP contribution in [0.4, 0.5) is 0 Å². The highest BCUT2D eigenvalue weighted by atomic mass is 16.7. The van der Waals surface area contributed by atoms with Crippen LogP contribution in [-0.4, -0.2) is 30.2 Å². The first-order chi connectivity index (χ1) is 5.65. The molecular weight excluding hydrogens is 156 g/mol. The Hall–Kier alpha value is -0.120. The van der Waals surface area contributed by atoms with Gasteiger partial charge in [-0.05, 0) is 12.8 Å². The molecule has 0 amide bonds. The number of methoxy groups -OCH3 is 1. The summed E-state index contributed by atoms with van der Waals surface area (Å²) in [6.07, 6.45) is 2.63. The maximum atomic E-state index is 10.3. The molecule has 1 saturated heterocycles. The Bertz CT molecular complexity index is 190. The van der Waals surface area contributed by atoms with Crippen LogP contribution >= 0.6 is 0 Å². The zero-order valence-electron chi connectivity index (χ0n) is 7.67. The Morgan fingerprint density at radius 2 is 2.25 bits per heavy atom. The summed E-state index contributed by atoms with van der Waals surface area (Å²) in [5, 5.41) is 10.3. The third-order valence-corrected chi connectivity index (χ3v) is 3.43. The second kappa shape index (κ2) is 2.44. The number of ether oxygens (including phenoxy) is 2. The van der Waals surface area contributed by atoms with Crippen LogP contribution in [0.25, 0.3) is 0 Å². The van der Waals surface area contributed by atoms with E-state index < -0.39 is 11.4 Å². The lowest BCUT2D eigenvalue weighted by molar-refractivity contribution is -0.256. The minimum absolute atomic E-state index is 0.194. The summed E-state index contributed by atoms with van der Waals surface area (Å²) in [4.78, 5) is 0. The predicted octanol–water partition coefficient (Wildman–Crippen LogP) is 0.910. The number of hydrogen-bond donors (Lipinski definition) is 1. The van der Waals surface area contributed by atoms with Gasteiger partial charge in [-0.2, -0.15) is 0 Å². The summed E-state index contributed by atoms with van der Waals surface area (Å²) < 4.78 is 10.9. The zero-order chi connectivity index (χ0) is 8.82. The van der Waals surface area contributed by atoms with Crippen LogP contribution in [0.5, 0.6) is 0 Å². The molecule has 0 aromatic heterocycles. The summed E-state index contributed by atoms with van der Waals surface area (Å²) in [6, 6.07) is 0. The average Bonchev–Trinajstić information content (AvgIpc) is 2.50. The lowest BCUT2D eigenvalue weighted by atomic mass is 9.86. The van der Waals surface area contributed by atoms with Gasteiger partial charge >= 0.3 is 0 Å². The van der Waals surface area contributed by atoms with Gasteiger partial charge in [-0.15, -0.1) is 0 Å². The molecule has 3 heteroatoms. The molecule has 1 aliphatic carbocycles. The van der Waals surface area contributed by atoms with E-state index in [1.54, 1.807) is 7.11 Å². The van der Waals surface area contributed by atoms with Crippen molar-refractivity contribution in [1.82, 2.24) is 0 Å². The monoisotopic (exact) mass is 172 g/mol. The van der Waals surface area contributed by atoms with Crippen molar-refractivity contribution in [3.05, 3.63) is 0 Å². The van der Waals surface area contributed by atoms with E-state index in [-0.39, 0.29) is 5.92 Å². The van der Waals surface area contributed by atoms with Gasteiger partial charge in [0.2, 0.25) is 0 Å². The first kappa shape index (κ1) is 8.48. The molecule has 2 fully saturated rings. The van der Waals surface area contributed by atoms with Gasteiger partial charge in [0.15, 0.2) is 5.79 Å². The van der Waals surface area contributed by atoms with E-state index in [0.29, 0.717) is 6.61 Å². The van der Waals surface area contributed by atoms with Gasteiger partial charge in [0.05, 0.1) is 6.61 Å². The molecule has 0 bridgehead atoms. The van der Waals surface area contributed by atoms with Crippen molar-refractivity contribution in [1.29, 1.82) is 0 Å². The fourth-order valence-corrected chi connectivity index (χ4v) is 2.55. The second-order valence-corrected chi connectivity index (χ2v) is 3.95. The largest absolute Gasteiger partial charge is 0.384 e. The number of aliphatic hydroxyl groups is 1. The SMILES string of the molecule is CO[C@@]12CCC[C@@]1(O)[C@@H](C)CO2. The fraction of sp³-hybridized carbons (Fsp3) is 1.00. The molecule has 1 heterocycles. The van der Waals surface area contributed by atoms with Crippen LogP contribution in [0, 0.1) is 5.92 Å². The van der Waals surface area contributed by atoms with E-state index in [9.17, 15) is 5.11 Å². The lowest BCUT2D eigenvalue weighted by Gasteiger charge is -2.35. The van der Waals surface area contributed by atoms with Crippen LogP contribution < -0.4 is 0 Å². The Morgan fingerprint density at radius 1 is 1.50 bits per heavy atom. The molecule has 1 N–H and O–H groups in total. The van der Waals surface area contributed by atoms with Gasteiger partial charge < -0.3 is 14.6 Å². The molecule has 12 heavy (non-hydrogen) atoms. The fourth-order valence-electron chi connectivity index (χ4n) is 2.55. The Kier molecular flexibility index (Phi) is 1.72. The first-order valence-electron chi connectivity index (χ1n) is 4.56. The number of rotatable bonds is 1. The molecule has 2 rings (SSSR count). The van der Waals surface area contributed by atoms with E-state index in [1.165, 1.54) is 0 Å². The van der Waals surface area contributed by atoms with Crippen LogP contribution in [-0.2, 0) is 9.47 Å². The predicted molar refractivity (Wildman–Crippen MR) is 43.7 cm³/mol. The quantitative estimate of drug-likeness (QED) is 0.639. The minimum atomic E-state index is -0.734. The summed E-state index contributed by atoms with van der Waals surface area (Å²) in [5.74, 6) is -0.494. The summed E-state index contributed by atoms with van der Waals surface area (Å²) in [5.41, 5.74) is -0.734. The normalized spacial score (nSPS) is 52.8. The molecule has 3 nitrogen and oxygen atoms in total. The van der Waals surface area contributed by atoms with Crippen molar-refractivity contribution in [2.24, 2.45) is 5.92 Å². The Labute approximate surface area is 72.7 Å². The molecule has 0 unspecified atom stereocenters. The van der Waals surface area contributed by atoms with Crippen LogP contribution in [0.15, 0.2) is 0 Å². The third kappa shape index (κ3) is 0.767. The molecule has 0 spiro atoms. The van der Waals surface area contributed by atoms with Crippen molar-refractivity contribution in [3.8, 4) is 0 Å². The molecule has 1 saturated carbocycles. The topological polar surface area (TPSA) is 38.7 Å². The summed E-state index contributed by atoms with van der Waals surface area (Å²) in [6.45, 7) is 2.64. The van der Waals surface area contributed by atoms with E-state index in [2.05, 4.69) is 0 Å². The summed E-state index contributed by atoms with van der Waals surface area (Å²) in [7, 11) is 1.62. The molecule has 0 aromatic carbocycles. The average molecular weight is 172 g/mol. The van der Waals surface area contributed by atoms with Gasteiger partial charge in [-0.25, -0.2) is 0 Å². The number of hydrogen-bond acceptors (Lipinski definition) is 3. The van der Waals surface area contributed by atoms with E-state index in [4.69, 9.17) is 9.47 Å². The molecule has 0 aromatic rings. The van der Waals surface area contributed by atoms with Gasteiger partial charge in [0.1, 0.15) is 5.60 Å². The lowest BCUT2D eigenvalue weighted by Crippen LogP contribution is -2.50. The first-order valence-corrected chi connectivity index (χ1v) is 4.56. The van der Waals surface area contributed by atoms with Gasteiger partial charge in [-0.1, -0.05) is 6.92 Å². The second-order valence-electron chi connectivity index (χ2n) is 3.95. The van der Waals surface area contributed by atoms with Gasteiger partial charge in [0, 0.05) is 19.4 Å². The van der Waals surface area contributed by atoms with Crippen molar-refractivity contribution in [2.75, 3.05) is 13.7 Å². The highest BCUT2D eigenvalue weighted by Crippen LogP contribution is 2.51. The third-order valence-electron chi connectivity index (χ3n) is 3.43. The standard InChI is InChI=1S/C9H16O3/c1-7-6-12-9(11-2)5-3-4-8(7,9)10/h7,10H,3-6H2,1-2H3/t7-,8+,9+/m0/s1. The van der Waals surface area contributed by atoms with Crippen LogP contribution in [0.3, 0.4) is 0 Å². The van der Waals surface area contributed by atoms with Crippen molar-refractivity contribution in [3.63, 3.8) is 0 Å². The van der Waals surface area contributed by atoms with E-state index in [1.807, 2.05) is 6.92 Å². The van der Waals surface area contributed by atoms with E-state index in [0.717, 1.165) is 19.3 Å². The van der Waals surface area contributed by atoms with Crippen LogP contribution in [0.2, 0.25) is 0 Å². The molecular formula is C9H16O3. The van der Waals surface area contributed by atoms with Gasteiger partial charge in [-0.3, -0.25) is 0 Å². The molecule has 70 valence electrons. The van der Waals surface area contributed by atoms with E-state index >= 15 is 0 Å². The minimum Gasteiger partial charge on any atom is -0.384 e. The highest BCUT2D eigenvalue weighted by molar-refractivity contribution is 5.07. The summed E-state index contributed by atoms with van der Waals surface area (Å²) >= 11 is 0. The molecule has 0 radical (unpaired) electrons. The Morgan fingerprint density at radius 3 is 2.83 bits per heavy atom. The van der Waals surface area contributed by atoms with Gasteiger partial charge in [0.25, 0.3) is 0 Å². The molecule has 3 atom stereocenters. The molecule has 1 aliphatic heterocycles. The van der Waals surface area contributed by atoms with Crippen molar-refractivity contribution < 1.29 is 14.6 Å². The Balaban J connectivity index is 2.33. The highest BCUT2D eigenvalue weighted by Gasteiger charge is 2.63. The zero-order valence-corrected chi connectivity index (χ0v) is 7.67. The number of fused-ring (bicyclic) bond motifs is 1. The van der Waals surface area contributed by atoms with Crippen molar-refractivity contribution in [2.45, 2.75) is 37.6 Å². The maximum Gasteiger partial charge on any atom is 0.197 e. The maximum absolute atomic E-state index is 10.3. The molecule has 2 aliphatic rings. The van der Waals surface area contributed by atoms with Crippen molar-refractivity contribution >= 4 is 0 Å². The smallest absolute Gasteiger partial charge is 0.197 e.